The van der Waals surface area contributed by atoms with E-state index in [4.69, 9.17) is 4.74 Å². The number of aliphatic imine (C=N–C) groups is 1. The van der Waals surface area contributed by atoms with Crippen LogP contribution in [-0.4, -0.2) is 30.6 Å². The van der Waals surface area contributed by atoms with Gasteiger partial charge in [-0.25, -0.2) is 9.37 Å². The van der Waals surface area contributed by atoms with Crippen LogP contribution in [0.15, 0.2) is 65.0 Å². The summed E-state index contributed by atoms with van der Waals surface area (Å²) in [6.45, 7) is 2.93. The molecule has 29 heavy (non-hydrogen) atoms. The van der Waals surface area contributed by atoms with Gasteiger partial charge in [0, 0.05) is 18.0 Å². The number of rotatable bonds is 7. The molecule has 3 rings (SSSR count). The largest absolute Gasteiger partial charge is 0.486 e. The Morgan fingerprint density at radius 1 is 1.14 bits per heavy atom. The summed E-state index contributed by atoms with van der Waals surface area (Å²) in [5, 5.41) is 9.44. The first kappa shape index (κ1) is 23.1. The summed E-state index contributed by atoms with van der Waals surface area (Å²) in [5.41, 5.74) is 2.07. The Morgan fingerprint density at radius 2 is 1.86 bits per heavy atom. The lowest BCUT2D eigenvalue weighted by Crippen LogP contribution is -2.41. The van der Waals surface area contributed by atoms with Crippen LogP contribution >= 0.6 is 35.3 Å². The number of halogens is 2. The van der Waals surface area contributed by atoms with Crippen LogP contribution in [0.1, 0.15) is 11.9 Å². The second-order valence-electron chi connectivity index (χ2n) is 6.16. The number of para-hydroxylation sites is 1. The molecule has 0 aliphatic rings. The second-order valence-corrected chi connectivity index (χ2v) is 7.10. The van der Waals surface area contributed by atoms with Crippen LogP contribution in [0, 0.1) is 5.82 Å². The average molecular weight is 526 g/mol. The third kappa shape index (κ3) is 6.97. The number of benzene rings is 2. The summed E-state index contributed by atoms with van der Waals surface area (Å²) in [4.78, 5) is 8.86. The van der Waals surface area contributed by atoms with Crippen LogP contribution in [0.2, 0.25) is 0 Å². The van der Waals surface area contributed by atoms with Crippen molar-refractivity contribution in [3.63, 3.8) is 0 Å². The maximum Gasteiger partial charge on any atom is 0.191 e. The Bertz CT molecular complexity index is 920. The van der Waals surface area contributed by atoms with Crippen molar-refractivity contribution >= 4 is 41.3 Å². The van der Waals surface area contributed by atoms with Gasteiger partial charge >= 0.3 is 0 Å². The van der Waals surface area contributed by atoms with E-state index in [0.717, 1.165) is 16.3 Å². The van der Waals surface area contributed by atoms with Crippen LogP contribution in [0.4, 0.5) is 4.39 Å². The minimum atomic E-state index is -0.366. The van der Waals surface area contributed by atoms with E-state index in [1.54, 1.807) is 36.6 Å². The van der Waals surface area contributed by atoms with Crippen molar-refractivity contribution < 1.29 is 9.13 Å². The van der Waals surface area contributed by atoms with E-state index in [-0.39, 0.29) is 41.6 Å². The van der Waals surface area contributed by atoms with Gasteiger partial charge in [0.05, 0.1) is 18.8 Å². The highest BCUT2D eigenvalue weighted by Gasteiger charge is 2.10. The van der Waals surface area contributed by atoms with Crippen LogP contribution < -0.4 is 15.4 Å². The van der Waals surface area contributed by atoms with Crippen LogP contribution in [0.3, 0.4) is 0 Å². The standard InChI is InChI=1S/C21H23FN4OS.HI/c1-15(27-19-11-7-6-10-17(19)22)12-24-21(23-2)25-13-20-26-18(14-28-20)16-8-4-3-5-9-16;/h3-11,14-15H,12-13H2,1-2H3,(H2,23,24,25);1H. The van der Waals surface area contributed by atoms with Gasteiger partial charge in [-0.2, -0.15) is 0 Å². The highest BCUT2D eigenvalue weighted by atomic mass is 127. The summed E-state index contributed by atoms with van der Waals surface area (Å²) in [5.74, 6) is 0.520. The Kier molecular flexibility index (Phi) is 9.33. The molecule has 1 aromatic heterocycles. The van der Waals surface area contributed by atoms with E-state index < -0.39 is 0 Å². The normalized spacial score (nSPS) is 12.0. The van der Waals surface area contributed by atoms with E-state index in [0.29, 0.717) is 19.0 Å². The predicted octanol–water partition coefficient (Wildman–Crippen LogP) is 4.70. The third-order valence-corrected chi connectivity index (χ3v) is 4.82. The van der Waals surface area contributed by atoms with Crippen LogP contribution in [-0.2, 0) is 6.54 Å². The molecule has 1 unspecified atom stereocenters. The number of aromatic nitrogens is 1. The molecule has 0 radical (unpaired) electrons. The summed E-state index contributed by atoms with van der Waals surface area (Å²) < 4.78 is 19.3. The van der Waals surface area contributed by atoms with Crippen molar-refractivity contribution in [2.45, 2.75) is 19.6 Å². The summed E-state index contributed by atoms with van der Waals surface area (Å²) >= 11 is 1.60. The number of thiazole rings is 1. The van der Waals surface area contributed by atoms with Gasteiger partial charge in [0.15, 0.2) is 17.5 Å². The molecule has 1 atom stereocenters. The van der Waals surface area contributed by atoms with Gasteiger partial charge in [-0.05, 0) is 19.1 Å². The maximum atomic E-state index is 13.7. The topological polar surface area (TPSA) is 58.5 Å². The van der Waals surface area contributed by atoms with Gasteiger partial charge in [0.25, 0.3) is 0 Å². The van der Waals surface area contributed by atoms with Gasteiger partial charge in [-0.15, -0.1) is 35.3 Å². The first-order valence-electron chi connectivity index (χ1n) is 9.01. The predicted molar refractivity (Wildman–Crippen MR) is 128 cm³/mol. The van der Waals surface area contributed by atoms with Crippen LogP contribution in [0.25, 0.3) is 11.3 Å². The zero-order valence-electron chi connectivity index (χ0n) is 16.3. The smallest absolute Gasteiger partial charge is 0.191 e. The molecule has 0 fully saturated rings. The molecular formula is C21H24FIN4OS. The van der Waals surface area contributed by atoms with Gasteiger partial charge in [0.1, 0.15) is 11.1 Å². The molecule has 1 heterocycles. The van der Waals surface area contributed by atoms with Crippen molar-refractivity contribution in [1.29, 1.82) is 0 Å². The molecule has 0 bridgehead atoms. The summed E-state index contributed by atoms with van der Waals surface area (Å²) in [6.07, 6.45) is -0.222. The fourth-order valence-electron chi connectivity index (χ4n) is 2.55. The third-order valence-electron chi connectivity index (χ3n) is 3.97. The number of nitrogens with zero attached hydrogens (tertiary/aromatic N) is 2. The maximum absolute atomic E-state index is 13.7. The minimum Gasteiger partial charge on any atom is -0.486 e. The highest BCUT2D eigenvalue weighted by molar-refractivity contribution is 14.0. The quantitative estimate of drug-likeness (QED) is 0.266. The van der Waals surface area contributed by atoms with E-state index in [1.807, 2.05) is 42.6 Å². The summed E-state index contributed by atoms with van der Waals surface area (Å²) in [7, 11) is 1.70. The number of hydrogen-bond donors (Lipinski definition) is 2. The van der Waals surface area contributed by atoms with Crippen molar-refractivity contribution in [3.05, 3.63) is 70.8 Å². The molecule has 2 N–H and O–H groups in total. The molecule has 0 saturated carbocycles. The van der Waals surface area contributed by atoms with Crippen molar-refractivity contribution in [3.8, 4) is 17.0 Å². The lowest BCUT2D eigenvalue weighted by Gasteiger charge is -2.17. The van der Waals surface area contributed by atoms with Crippen molar-refractivity contribution in [1.82, 2.24) is 15.6 Å². The van der Waals surface area contributed by atoms with Gasteiger partial charge in [-0.3, -0.25) is 4.99 Å². The van der Waals surface area contributed by atoms with Crippen molar-refractivity contribution in [2.75, 3.05) is 13.6 Å². The average Bonchev–Trinajstić information content (AvgIpc) is 3.20. The summed E-state index contributed by atoms with van der Waals surface area (Å²) in [6, 6.07) is 16.5. The van der Waals surface area contributed by atoms with E-state index in [9.17, 15) is 4.39 Å². The SMILES string of the molecule is CN=C(NCc1nc(-c2ccccc2)cs1)NCC(C)Oc1ccccc1F.I. The molecule has 0 aliphatic heterocycles. The molecular weight excluding hydrogens is 502 g/mol. The molecule has 0 amide bonds. The monoisotopic (exact) mass is 526 g/mol. The zero-order chi connectivity index (χ0) is 19.8. The van der Waals surface area contributed by atoms with Gasteiger partial charge in [-0.1, -0.05) is 42.5 Å². The van der Waals surface area contributed by atoms with Gasteiger partial charge in [0.2, 0.25) is 0 Å². The number of ether oxygens (including phenoxy) is 1. The second kappa shape index (κ2) is 11.7. The molecule has 8 heteroatoms. The Balaban J connectivity index is 0.00000300. The Morgan fingerprint density at radius 3 is 2.59 bits per heavy atom. The van der Waals surface area contributed by atoms with Crippen LogP contribution in [0.5, 0.6) is 5.75 Å². The number of nitrogens with one attached hydrogen (secondary N) is 2. The molecule has 0 spiro atoms. The Hall–Kier alpha value is -2.20. The fraction of sp³-hybridized carbons (Fsp3) is 0.238. The Labute approximate surface area is 191 Å². The fourth-order valence-corrected chi connectivity index (χ4v) is 3.30. The lowest BCUT2D eigenvalue weighted by atomic mass is 10.2. The van der Waals surface area contributed by atoms with E-state index in [1.165, 1.54) is 6.07 Å². The molecule has 0 aliphatic carbocycles. The molecule has 5 nitrogen and oxygen atoms in total. The first-order chi connectivity index (χ1) is 13.7. The lowest BCUT2D eigenvalue weighted by molar-refractivity contribution is 0.214. The highest BCUT2D eigenvalue weighted by Crippen LogP contribution is 2.21. The van der Waals surface area contributed by atoms with E-state index >= 15 is 0 Å². The minimum absolute atomic E-state index is 0. The van der Waals surface area contributed by atoms with E-state index in [2.05, 4.69) is 20.6 Å². The number of guanidine groups is 1. The molecule has 154 valence electrons. The molecule has 0 saturated heterocycles. The number of hydrogen-bond acceptors (Lipinski definition) is 4. The molecule has 3 aromatic rings. The van der Waals surface area contributed by atoms with Gasteiger partial charge < -0.3 is 15.4 Å². The first-order valence-corrected chi connectivity index (χ1v) is 9.89. The van der Waals surface area contributed by atoms with Crippen molar-refractivity contribution in [2.24, 2.45) is 4.99 Å². The zero-order valence-corrected chi connectivity index (χ0v) is 19.4. The molecule has 2 aromatic carbocycles.